The molecule has 1 aliphatic rings. The van der Waals surface area contributed by atoms with Gasteiger partial charge in [0, 0.05) is 22.7 Å². The molecule has 4 N–H and O–H groups in total. The van der Waals surface area contributed by atoms with Crippen LogP contribution in [0.3, 0.4) is 0 Å². The maximum Gasteiger partial charge on any atom is 0.304 e. The van der Waals surface area contributed by atoms with E-state index < -0.39 is 10.0 Å². The zero-order valence-electron chi connectivity index (χ0n) is 12.8. The van der Waals surface area contributed by atoms with Crippen LogP contribution >= 0.6 is 11.3 Å². The number of nitrogen functional groups attached to an aromatic ring is 1. The number of benzene rings is 1. The second-order valence-corrected chi connectivity index (χ2v) is 8.38. The molecule has 6 nitrogen and oxygen atoms in total. The van der Waals surface area contributed by atoms with Gasteiger partial charge in [-0.3, -0.25) is 4.79 Å². The van der Waals surface area contributed by atoms with Gasteiger partial charge in [-0.25, -0.2) is 13.1 Å². The number of aromatic nitrogens is 1. The minimum atomic E-state index is -3.64. The second-order valence-electron chi connectivity index (χ2n) is 5.85. The normalized spacial score (nSPS) is 16.0. The van der Waals surface area contributed by atoms with Crippen molar-refractivity contribution >= 4 is 27.0 Å². The molecule has 1 aromatic carbocycles. The molecule has 2 aromatic rings. The van der Waals surface area contributed by atoms with E-state index in [1.807, 2.05) is 0 Å². The van der Waals surface area contributed by atoms with Gasteiger partial charge >= 0.3 is 4.87 Å². The number of thiazole rings is 1. The predicted molar refractivity (Wildman–Crippen MR) is 92.1 cm³/mol. The first kappa shape index (κ1) is 16.2. The van der Waals surface area contributed by atoms with Crippen LogP contribution in [-0.2, 0) is 10.0 Å². The molecule has 1 aliphatic carbocycles. The number of anilines is 1. The van der Waals surface area contributed by atoms with E-state index >= 15 is 0 Å². The van der Waals surface area contributed by atoms with Crippen LogP contribution in [0.5, 0.6) is 0 Å². The van der Waals surface area contributed by atoms with Gasteiger partial charge in [-0.1, -0.05) is 24.2 Å². The first-order valence-electron chi connectivity index (χ1n) is 7.47. The summed E-state index contributed by atoms with van der Waals surface area (Å²) >= 11 is 1.03. The molecular weight excluding hydrogens is 334 g/mol. The van der Waals surface area contributed by atoms with Gasteiger partial charge in [0.15, 0.2) is 0 Å². The van der Waals surface area contributed by atoms with E-state index in [0.29, 0.717) is 22.5 Å². The van der Waals surface area contributed by atoms with E-state index in [4.69, 9.17) is 5.73 Å². The molecule has 8 heteroatoms. The molecule has 0 saturated heterocycles. The number of hydrogen-bond donors (Lipinski definition) is 3. The Bertz CT molecular complexity index is 878. The summed E-state index contributed by atoms with van der Waals surface area (Å²) in [6.07, 6.45) is 3.82. The SMILES string of the molecule is Cc1c(N)cc(-c2csc(=O)[nH]2)cc1S(=O)(=O)NC1CCCC1. The number of rotatable bonds is 4. The number of nitrogens with one attached hydrogen (secondary N) is 2. The average Bonchev–Trinajstić information content (AvgIpc) is 3.12. The summed E-state index contributed by atoms with van der Waals surface area (Å²) in [5, 5.41) is 1.66. The van der Waals surface area contributed by atoms with Gasteiger partial charge in [0.1, 0.15) is 0 Å². The van der Waals surface area contributed by atoms with Gasteiger partial charge in [-0.2, -0.15) is 0 Å². The third-order valence-corrected chi connectivity index (χ3v) is 6.51. The van der Waals surface area contributed by atoms with Crippen LogP contribution < -0.4 is 15.3 Å². The number of aromatic amines is 1. The van der Waals surface area contributed by atoms with Gasteiger partial charge in [0.25, 0.3) is 0 Å². The number of nitrogens with two attached hydrogens (primary N) is 1. The van der Waals surface area contributed by atoms with Crippen LogP contribution in [0.1, 0.15) is 31.2 Å². The Kier molecular flexibility index (Phi) is 4.31. The molecular formula is C15H19N3O3S2. The van der Waals surface area contributed by atoms with E-state index in [1.54, 1.807) is 24.4 Å². The highest BCUT2D eigenvalue weighted by Gasteiger charge is 2.25. The summed E-state index contributed by atoms with van der Waals surface area (Å²) in [6.45, 7) is 1.69. The molecule has 1 saturated carbocycles. The molecule has 0 aliphatic heterocycles. The zero-order valence-corrected chi connectivity index (χ0v) is 14.4. The van der Waals surface area contributed by atoms with Crippen molar-refractivity contribution in [1.29, 1.82) is 0 Å². The van der Waals surface area contributed by atoms with E-state index in [1.165, 1.54) is 0 Å². The summed E-state index contributed by atoms with van der Waals surface area (Å²) < 4.78 is 28.2. The Morgan fingerprint density at radius 3 is 2.61 bits per heavy atom. The third kappa shape index (κ3) is 3.34. The molecule has 1 aromatic heterocycles. The van der Waals surface area contributed by atoms with Crippen molar-refractivity contribution in [2.45, 2.75) is 43.5 Å². The first-order chi connectivity index (χ1) is 10.9. The Morgan fingerprint density at radius 2 is 2.00 bits per heavy atom. The van der Waals surface area contributed by atoms with E-state index in [-0.39, 0.29) is 15.8 Å². The Labute approximate surface area is 138 Å². The lowest BCUT2D eigenvalue weighted by atomic mass is 10.1. The van der Waals surface area contributed by atoms with Gasteiger partial charge in [-0.05, 0) is 37.5 Å². The minimum Gasteiger partial charge on any atom is -0.398 e. The average molecular weight is 353 g/mol. The van der Waals surface area contributed by atoms with Gasteiger partial charge in [0.05, 0.1) is 10.6 Å². The molecule has 0 atom stereocenters. The number of H-pyrrole nitrogens is 1. The zero-order chi connectivity index (χ0) is 16.6. The lowest BCUT2D eigenvalue weighted by molar-refractivity contribution is 0.552. The standard InChI is InChI=1S/C15H19N3O3S2/c1-9-12(16)6-10(13-8-22-15(19)17-13)7-14(9)23(20,21)18-11-4-2-3-5-11/h6-8,11,18H,2-5,16H2,1H3,(H,17,19). The first-order valence-corrected chi connectivity index (χ1v) is 9.84. The number of hydrogen-bond acceptors (Lipinski definition) is 5. The highest BCUT2D eigenvalue weighted by Crippen LogP contribution is 2.30. The Balaban J connectivity index is 2.03. The summed E-state index contributed by atoms with van der Waals surface area (Å²) in [7, 11) is -3.64. The van der Waals surface area contributed by atoms with Crippen molar-refractivity contribution < 1.29 is 8.42 Å². The molecule has 0 bridgehead atoms. The molecule has 0 radical (unpaired) electrons. The minimum absolute atomic E-state index is 0.00904. The third-order valence-electron chi connectivity index (χ3n) is 4.20. The molecule has 1 fully saturated rings. The lowest BCUT2D eigenvalue weighted by Gasteiger charge is -2.16. The molecule has 3 rings (SSSR count). The fourth-order valence-electron chi connectivity index (χ4n) is 2.89. The molecule has 0 amide bonds. The quantitative estimate of drug-likeness (QED) is 0.733. The van der Waals surface area contributed by atoms with Crippen molar-refractivity contribution in [1.82, 2.24) is 9.71 Å². The van der Waals surface area contributed by atoms with E-state index in [9.17, 15) is 13.2 Å². The summed E-state index contributed by atoms with van der Waals surface area (Å²) in [5.41, 5.74) is 8.07. The van der Waals surface area contributed by atoms with Crippen LogP contribution in [0.15, 0.2) is 27.2 Å². The molecule has 23 heavy (non-hydrogen) atoms. The van der Waals surface area contributed by atoms with Crippen LogP contribution in [0, 0.1) is 6.92 Å². The lowest BCUT2D eigenvalue weighted by Crippen LogP contribution is -2.33. The van der Waals surface area contributed by atoms with Gasteiger partial charge in [0.2, 0.25) is 10.0 Å². The van der Waals surface area contributed by atoms with Crippen molar-refractivity contribution in [2.24, 2.45) is 0 Å². The van der Waals surface area contributed by atoms with Gasteiger partial charge in [-0.15, -0.1) is 0 Å². The maximum atomic E-state index is 12.7. The summed E-state index contributed by atoms with van der Waals surface area (Å²) in [6, 6.07) is 3.24. The van der Waals surface area contributed by atoms with Crippen LogP contribution in [0.4, 0.5) is 5.69 Å². The van der Waals surface area contributed by atoms with Crippen molar-refractivity contribution in [3.05, 3.63) is 32.7 Å². The van der Waals surface area contributed by atoms with Crippen molar-refractivity contribution in [3.63, 3.8) is 0 Å². The maximum absolute atomic E-state index is 12.7. The Hall–Kier alpha value is -1.64. The van der Waals surface area contributed by atoms with Crippen LogP contribution in [0.25, 0.3) is 11.3 Å². The highest BCUT2D eigenvalue weighted by atomic mass is 32.2. The predicted octanol–water partition coefficient (Wildman–Crippen LogP) is 2.21. The van der Waals surface area contributed by atoms with Gasteiger partial charge < -0.3 is 10.7 Å². The highest BCUT2D eigenvalue weighted by molar-refractivity contribution is 7.89. The van der Waals surface area contributed by atoms with E-state index in [2.05, 4.69) is 9.71 Å². The number of sulfonamides is 1. The van der Waals surface area contributed by atoms with Crippen LogP contribution in [0.2, 0.25) is 0 Å². The summed E-state index contributed by atoms with van der Waals surface area (Å²) in [4.78, 5) is 14.0. The van der Waals surface area contributed by atoms with Crippen molar-refractivity contribution in [2.75, 3.05) is 5.73 Å². The second kappa shape index (κ2) is 6.10. The molecule has 0 unspecified atom stereocenters. The summed E-state index contributed by atoms with van der Waals surface area (Å²) in [5.74, 6) is 0. The fourth-order valence-corrected chi connectivity index (χ4v) is 5.09. The topological polar surface area (TPSA) is 105 Å². The molecule has 0 spiro atoms. The fraction of sp³-hybridized carbons (Fsp3) is 0.400. The molecule has 1 heterocycles. The Morgan fingerprint density at radius 1 is 1.30 bits per heavy atom. The smallest absolute Gasteiger partial charge is 0.304 e. The van der Waals surface area contributed by atoms with Crippen LogP contribution in [-0.4, -0.2) is 19.4 Å². The van der Waals surface area contributed by atoms with E-state index in [0.717, 1.165) is 37.0 Å². The largest absolute Gasteiger partial charge is 0.398 e. The van der Waals surface area contributed by atoms with Crippen molar-refractivity contribution in [3.8, 4) is 11.3 Å². The molecule has 124 valence electrons. The monoisotopic (exact) mass is 353 g/mol.